The molecule has 0 aromatic carbocycles. The second-order valence-electron chi connectivity index (χ2n) is 5.54. The Hall–Kier alpha value is -0.280. The molecule has 0 radical (unpaired) electrons. The lowest BCUT2D eigenvalue weighted by atomic mass is 10.0. The van der Waals surface area contributed by atoms with Crippen LogP contribution in [-0.4, -0.2) is 18.5 Å². The first-order valence-electron chi connectivity index (χ1n) is 7.62. The fourth-order valence-corrected chi connectivity index (χ4v) is 1.89. The van der Waals surface area contributed by atoms with Crippen molar-refractivity contribution in [1.82, 2.24) is 5.32 Å². The molecule has 0 bridgehead atoms. The van der Waals surface area contributed by atoms with E-state index in [1.54, 1.807) is 0 Å². The summed E-state index contributed by atoms with van der Waals surface area (Å²) in [5, 5.41) is 2.91. The number of hydrogen-bond acceptors (Lipinski definition) is 2. The second kappa shape index (κ2) is 14.1. The normalized spacial score (nSPS) is 12.1. The predicted octanol–water partition coefficient (Wildman–Crippen LogP) is 3.65. The van der Waals surface area contributed by atoms with E-state index in [1.807, 2.05) is 13.8 Å². The Morgan fingerprint density at radius 2 is 1.47 bits per heavy atom. The highest BCUT2D eigenvalue weighted by atomic mass is 35.5. The zero-order valence-corrected chi connectivity index (χ0v) is 13.7. The van der Waals surface area contributed by atoms with E-state index >= 15 is 0 Å². The molecule has 3 nitrogen and oxygen atoms in total. The van der Waals surface area contributed by atoms with Gasteiger partial charge in [0.1, 0.15) is 0 Å². The average Bonchev–Trinajstić information content (AvgIpc) is 2.35. The quantitative estimate of drug-likeness (QED) is 0.571. The van der Waals surface area contributed by atoms with Gasteiger partial charge in [0, 0.05) is 6.54 Å². The van der Waals surface area contributed by atoms with Crippen molar-refractivity contribution in [3.05, 3.63) is 0 Å². The van der Waals surface area contributed by atoms with Crippen molar-refractivity contribution in [3.8, 4) is 0 Å². The van der Waals surface area contributed by atoms with Gasteiger partial charge in [-0.3, -0.25) is 4.79 Å². The highest BCUT2D eigenvalue weighted by molar-refractivity contribution is 5.85. The first kappa shape index (κ1) is 21.0. The van der Waals surface area contributed by atoms with Gasteiger partial charge in [-0.2, -0.15) is 0 Å². The van der Waals surface area contributed by atoms with Crippen molar-refractivity contribution in [2.24, 2.45) is 11.7 Å². The van der Waals surface area contributed by atoms with Crippen LogP contribution in [0.3, 0.4) is 0 Å². The number of amides is 1. The van der Waals surface area contributed by atoms with E-state index < -0.39 is 0 Å². The molecular formula is C15H33ClN2O. The van der Waals surface area contributed by atoms with Crippen LogP contribution in [0.4, 0.5) is 0 Å². The molecular weight excluding hydrogens is 260 g/mol. The molecule has 0 saturated carbocycles. The summed E-state index contributed by atoms with van der Waals surface area (Å²) in [5.74, 6) is 0.205. The minimum absolute atomic E-state index is 0. The molecule has 0 unspecified atom stereocenters. The van der Waals surface area contributed by atoms with Crippen LogP contribution >= 0.6 is 12.4 Å². The predicted molar refractivity (Wildman–Crippen MR) is 85.7 cm³/mol. The number of nitrogens with one attached hydrogen (secondary N) is 1. The lowest BCUT2D eigenvalue weighted by Crippen LogP contribution is -2.44. The standard InChI is InChI=1S/C15H32N2O.ClH/c1-4-5-6-7-8-9-10-11-12-17-15(18)14(16)13(2)3;/h13-14H,4-12,16H2,1-3H3,(H,17,18);1H/t14-;/m0./s1. The van der Waals surface area contributed by atoms with Gasteiger partial charge in [-0.05, 0) is 12.3 Å². The van der Waals surface area contributed by atoms with Gasteiger partial charge >= 0.3 is 0 Å². The highest BCUT2D eigenvalue weighted by Gasteiger charge is 2.15. The number of rotatable bonds is 11. The van der Waals surface area contributed by atoms with Crippen LogP contribution in [0.1, 0.15) is 72.1 Å². The maximum atomic E-state index is 11.6. The molecule has 19 heavy (non-hydrogen) atoms. The summed E-state index contributed by atoms with van der Waals surface area (Å²) in [5.41, 5.74) is 5.76. The minimum atomic E-state index is -0.362. The van der Waals surface area contributed by atoms with Crippen LogP contribution in [0.5, 0.6) is 0 Å². The molecule has 0 aliphatic carbocycles. The summed E-state index contributed by atoms with van der Waals surface area (Å²) in [6.45, 7) is 6.96. The summed E-state index contributed by atoms with van der Waals surface area (Å²) in [6.07, 6.45) is 10.3. The molecule has 1 amide bonds. The van der Waals surface area contributed by atoms with Crippen LogP contribution < -0.4 is 11.1 Å². The molecule has 1 atom stereocenters. The Bertz CT molecular complexity index is 210. The minimum Gasteiger partial charge on any atom is -0.355 e. The summed E-state index contributed by atoms with van der Waals surface area (Å²) in [6, 6.07) is -0.362. The Kier molecular flexibility index (Phi) is 15.6. The lowest BCUT2D eigenvalue weighted by Gasteiger charge is -2.15. The van der Waals surface area contributed by atoms with Crippen LogP contribution in [-0.2, 0) is 4.79 Å². The molecule has 0 aliphatic rings. The van der Waals surface area contributed by atoms with Crippen molar-refractivity contribution in [1.29, 1.82) is 0 Å². The third-order valence-corrected chi connectivity index (χ3v) is 3.35. The average molecular weight is 293 g/mol. The van der Waals surface area contributed by atoms with Gasteiger partial charge in [0.2, 0.25) is 5.91 Å². The van der Waals surface area contributed by atoms with Crippen LogP contribution in [0.25, 0.3) is 0 Å². The maximum absolute atomic E-state index is 11.6. The number of unbranched alkanes of at least 4 members (excludes halogenated alkanes) is 7. The number of carbonyl (C=O) groups excluding carboxylic acids is 1. The molecule has 0 aromatic rings. The van der Waals surface area contributed by atoms with Gasteiger partial charge in [-0.15, -0.1) is 12.4 Å². The maximum Gasteiger partial charge on any atom is 0.237 e. The zero-order valence-electron chi connectivity index (χ0n) is 12.9. The van der Waals surface area contributed by atoms with Gasteiger partial charge in [0.25, 0.3) is 0 Å². The van der Waals surface area contributed by atoms with E-state index in [4.69, 9.17) is 5.73 Å². The molecule has 0 fully saturated rings. The molecule has 0 aliphatic heterocycles. The molecule has 0 heterocycles. The third-order valence-electron chi connectivity index (χ3n) is 3.35. The smallest absolute Gasteiger partial charge is 0.237 e. The van der Waals surface area contributed by atoms with E-state index in [9.17, 15) is 4.79 Å². The van der Waals surface area contributed by atoms with Gasteiger partial charge < -0.3 is 11.1 Å². The van der Waals surface area contributed by atoms with E-state index in [2.05, 4.69) is 12.2 Å². The third kappa shape index (κ3) is 12.5. The van der Waals surface area contributed by atoms with Crippen molar-refractivity contribution < 1.29 is 4.79 Å². The summed E-state index contributed by atoms with van der Waals surface area (Å²) < 4.78 is 0. The van der Waals surface area contributed by atoms with Gasteiger partial charge in [-0.25, -0.2) is 0 Å². The Balaban J connectivity index is 0. The first-order chi connectivity index (χ1) is 8.59. The molecule has 0 saturated heterocycles. The largest absolute Gasteiger partial charge is 0.355 e. The van der Waals surface area contributed by atoms with Crippen LogP contribution in [0.15, 0.2) is 0 Å². The lowest BCUT2D eigenvalue weighted by molar-refractivity contribution is -0.123. The number of hydrogen-bond donors (Lipinski definition) is 2. The first-order valence-corrected chi connectivity index (χ1v) is 7.62. The topological polar surface area (TPSA) is 55.1 Å². The molecule has 116 valence electrons. The molecule has 0 rings (SSSR count). The fraction of sp³-hybridized carbons (Fsp3) is 0.933. The zero-order chi connectivity index (χ0) is 13.8. The van der Waals surface area contributed by atoms with Crippen molar-refractivity contribution in [2.45, 2.75) is 78.2 Å². The van der Waals surface area contributed by atoms with Crippen molar-refractivity contribution in [2.75, 3.05) is 6.54 Å². The van der Waals surface area contributed by atoms with Gasteiger partial charge in [-0.1, -0.05) is 65.7 Å². The number of halogens is 1. The number of nitrogens with two attached hydrogens (primary N) is 1. The van der Waals surface area contributed by atoms with Crippen LogP contribution in [0.2, 0.25) is 0 Å². The van der Waals surface area contributed by atoms with E-state index in [0.29, 0.717) is 0 Å². The monoisotopic (exact) mass is 292 g/mol. The van der Waals surface area contributed by atoms with Crippen LogP contribution in [0, 0.1) is 5.92 Å². The molecule has 3 N–H and O–H groups in total. The Morgan fingerprint density at radius 3 is 1.95 bits per heavy atom. The molecule has 4 heteroatoms. The van der Waals surface area contributed by atoms with E-state index in [0.717, 1.165) is 13.0 Å². The number of carbonyl (C=O) groups is 1. The SMILES string of the molecule is CCCCCCCCCCNC(=O)[C@@H](N)C(C)C.Cl. The molecule has 0 aromatic heterocycles. The second-order valence-corrected chi connectivity index (χ2v) is 5.54. The van der Waals surface area contributed by atoms with Crippen molar-refractivity contribution >= 4 is 18.3 Å². The van der Waals surface area contributed by atoms with Crippen molar-refractivity contribution in [3.63, 3.8) is 0 Å². The summed E-state index contributed by atoms with van der Waals surface area (Å²) in [7, 11) is 0. The van der Waals surface area contributed by atoms with E-state index in [-0.39, 0.29) is 30.3 Å². The van der Waals surface area contributed by atoms with Gasteiger partial charge in [0.05, 0.1) is 6.04 Å². The fourth-order valence-electron chi connectivity index (χ4n) is 1.89. The van der Waals surface area contributed by atoms with Gasteiger partial charge in [0.15, 0.2) is 0 Å². The summed E-state index contributed by atoms with van der Waals surface area (Å²) >= 11 is 0. The Morgan fingerprint density at radius 1 is 1.00 bits per heavy atom. The summed E-state index contributed by atoms with van der Waals surface area (Å²) in [4.78, 5) is 11.6. The Labute approximate surface area is 125 Å². The highest BCUT2D eigenvalue weighted by Crippen LogP contribution is 2.08. The van der Waals surface area contributed by atoms with E-state index in [1.165, 1.54) is 44.9 Å². The molecule has 0 spiro atoms.